The van der Waals surface area contributed by atoms with Crippen LogP contribution in [-0.2, 0) is 14.3 Å². The van der Waals surface area contributed by atoms with Gasteiger partial charge in [0, 0.05) is 44.2 Å². The quantitative estimate of drug-likeness (QED) is 0.723. The Kier molecular flexibility index (Phi) is 5.39. The van der Waals surface area contributed by atoms with Crippen molar-refractivity contribution in [3.8, 4) is 0 Å². The van der Waals surface area contributed by atoms with Gasteiger partial charge in [-0.25, -0.2) is 14.2 Å². The maximum absolute atomic E-state index is 14.8. The molecule has 168 valence electrons. The Morgan fingerprint density at radius 1 is 1.26 bits per heavy atom. The molecular formula is C22H29FN4O4. The number of halogens is 1. The third-order valence-corrected chi connectivity index (χ3v) is 6.31. The van der Waals surface area contributed by atoms with Crippen molar-refractivity contribution >= 4 is 23.7 Å². The second-order valence-electron chi connectivity index (χ2n) is 9.90. The van der Waals surface area contributed by atoms with E-state index in [0.29, 0.717) is 38.2 Å². The van der Waals surface area contributed by atoms with E-state index in [-0.39, 0.29) is 29.7 Å². The summed E-state index contributed by atoms with van der Waals surface area (Å²) in [4.78, 5) is 43.5. The fourth-order valence-corrected chi connectivity index (χ4v) is 4.61. The van der Waals surface area contributed by atoms with Crippen molar-refractivity contribution in [1.29, 1.82) is 0 Å². The molecule has 0 aromatic carbocycles. The Bertz CT molecular complexity index is 897. The van der Waals surface area contributed by atoms with Gasteiger partial charge in [-0.05, 0) is 51.7 Å². The number of aromatic nitrogens is 1. The first-order chi connectivity index (χ1) is 14.6. The first kappa shape index (κ1) is 21.5. The van der Waals surface area contributed by atoms with Crippen LogP contribution >= 0.6 is 0 Å². The molecule has 1 N–H and O–H groups in total. The summed E-state index contributed by atoms with van der Waals surface area (Å²) in [7, 11) is 0. The van der Waals surface area contributed by atoms with Crippen LogP contribution in [0.3, 0.4) is 0 Å². The van der Waals surface area contributed by atoms with E-state index in [2.05, 4.69) is 10.3 Å². The molecule has 0 aliphatic carbocycles. The molecule has 3 aliphatic heterocycles. The van der Waals surface area contributed by atoms with E-state index in [9.17, 15) is 18.8 Å². The monoisotopic (exact) mass is 432 g/mol. The Labute approximate surface area is 181 Å². The highest BCUT2D eigenvalue weighted by Gasteiger charge is 2.48. The average Bonchev–Trinajstić information content (AvgIpc) is 2.65. The number of piperidine rings is 2. The number of rotatable bonds is 2. The normalized spacial score (nSPS) is 23.4. The highest BCUT2D eigenvalue weighted by molar-refractivity contribution is 6.00. The minimum atomic E-state index is -0.549. The van der Waals surface area contributed by atoms with Gasteiger partial charge in [-0.3, -0.25) is 14.9 Å². The van der Waals surface area contributed by atoms with E-state index in [1.165, 1.54) is 12.3 Å². The van der Waals surface area contributed by atoms with Crippen LogP contribution in [0.2, 0.25) is 0 Å². The van der Waals surface area contributed by atoms with Crippen LogP contribution in [0.4, 0.5) is 15.0 Å². The molecule has 4 rings (SSSR count). The molecule has 3 fully saturated rings. The van der Waals surface area contributed by atoms with Crippen molar-refractivity contribution in [3.05, 3.63) is 23.6 Å². The Morgan fingerprint density at radius 2 is 1.94 bits per heavy atom. The lowest BCUT2D eigenvalue weighted by molar-refractivity contribution is -0.134. The van der Waals surface area contributed by atoms with Gasteiger partial charge in [0.1, 0.15) is 5.60 Å². The number of nitrogens with zero attached hydrogens (tertiary/aromatic N) is 3. The van der Waals surface area contributed by atoms with Crippen LogP contribution in [-0.4, -0.2) is 59.6 Å². The van der Waals surface area contributed by atoms with Crippen molar-refractivity contribution in [2.24, 2.45) is 5.41 Å². The summed E-state index contributed by atoms with van der Waals surface area (Å²) in [5.41, 5.74) is 0.0508. The van der Waals surface area contributed by atoms with Crippen LogP contribution in [0.15, 0.2) is 12.3 Å². The molecule has 31 heavy (non-hydrogen) atoms. The second-order valence-corrected chi connectivity index (χ2v) is 9.90. The molecule has 9 heteroatoms. The summed E-state index contributed by atoms with van der Waals surface area (Å²) >= 11 is 0. The first-order valence-corrected chi connectivity index (χ1v) is 10.8. The smallest absolute Gasteiger partial charge is 0.410 e. The van der Waals surface area contributed by atoms with Crippen molar-refractivity contribution < 1.29 is 23.5 Å². The van der Waals surface area contributed by atoms with Gasteiger partial charge in [-0.2, -0.15) is 0 Å². The number of carbonyl (C=O) groups excluding carboxylic acids is 3. The van der Waals surface area contributed by atoms with Gasteiger partial charge >= 0.3 is 6.09 Å². The van der Waals surface area contributed by atoms with Crippen molar-refractivity contribution in [3.63, 3.8) is 0 Å². The number of ether oxygens (including phenoxy) is 1. The van der Waals surface area contributed by atoms with Gasteiger partial charge in [-0.1, -0.05) is 0 Å². The number of imide groups is 1. The summed E-state index contributed by atoms with van der Waals surface area (Å²) in [6.45, 7) is 8.21. The lowest BCUT2D eigenvalue weighted by Gasteiger charge is -2.53. The lowest BCUT2D eigenvalue weighted by Crippen LogP contribution is -2.62. The number of amides is 3. The zero-order valence-electron chi connectivity index (χ0n) is 18.2. The number of hydrogen-bond acceptors (Lipinski definition) is 6. The van der Waals surface area contributed by atoms with Gasteiger partial charge < -0.3 is 14.5 Å². The highest BCUT2D eigenvalue weighted by atomic mass is 19.1. The Balaban J connectivity index is 1.34. The Hall–Kier alpha value is -2.71. The van der Waals surface area contributed by atoms with E-state index in [1.54, 1.807) is 4.90 Å². The molecule has 4 heterocycles. The zero-order valence-corrected chi connectivity index (χ0v) is 18.2. The van der Waals surface area contributed by atoms with Gasteiger partial charge in [-0.15, -0.1) is 0 Å². The van der Waals surface area contributed by atoms with Gasteiger partial charge in [0.15, 0.2) is 11.6 Å². The molecule has 0 radical (unpaired) electrons. The van der Waals surface area contributed by atoms with E-state index in [1.807, 2.05) is 25.7 Å². The molecular weight excluding hydrogens is 403 g/mol. The number of likely N-dealkylation sites (tertiary alicyclic amines) is 1. The van der Waals surface area contributed by atoms with Crippen LogP contribution < -0.4 is 10.2 Å². The van der Waals surface area contributed by atoms with Crippen molar-refractivity contribution in [1.82, 2.24) is 15.2 Å². The molecule has 3 saturated heterocycles. The van der Waals surface area contributed by atoms with E-state index >= 15 is 0 Å². The highest BCUT2D eigenvalue weighted by Crippen LogP contribution is 2.42. The summed E-state index contributed by atoms with van der Waals surface area (Å²) in [5, 5.41) is 2.30. The van der Waals surface area contributed by atoms with E-state index < -0.39 is 23.2 Å². The van der Waals surface area contributed by atoms with Crippen LogP contribution in [0.1, 0.15) is 57.9 Å². The van der Waals surface area contributed by atoms with Gasteiger partial charge in [0.2, 0.25) is 11.8 Å². The van der Waals surface area contributed by atoms with E-state index in [0.717, 1.165) is 12.8 Å². The third-order valence-electron chi connectivity index (χ3n) is 6.31. The molecule has 3 aliphatic rings. The summed E-state index contributed by atoms with van der Waals surface area (Å²) < 4.78 is 20.3. The summed E-state index contributed by atoms with van der Waals surface area (Å²) in [6.07, 6.45) is 3.57. The summed E-state index contributed by atoms with van der Waals surface area (Å²) in [6, 6.07) is 1.36. The molecule has 0 bridgehead atoms. The minimum Gasteiger partial charge on any atom is -0.444 e. The molecule has 8 nitrogen and oxygen atoms in total. The fraction of sp³-hybridized carbons (Fsp3) is 0.636. The van der Waals surface area contributed by atoms with Crippen molar-refractivity contribution in [2.75, 3.05) is 31.1 Å². The predicted molar refractivity (Wildman–Crippen MR) is 111 cm³/mol. The second kappa shape index (κ2) is 7.76. The average molecular weight is 432 g/mol. The lowest BCUT2D eigenvalue weighted by atomic mass is 9.72. The van der Waals surface area contributed by atoms with E-state index in [4.69, 9.17) is 4.74 Å². The minimum absolute atomic E-state index is 0.0660. The van der Waals surface area contributed by atoms with Gasteiger partial charge in [0.05, 0.1) is 5.92 Å². The molecule has 1 spiro atoms. The third kappa shape index (κ3) is 4.50. The number of pyridine rings is 1. The number of anilines is 1. The van der Waals surface area contributed by atoms with Crippen LogP contribution in [0.5, 0.6) is 0 Å². The standard InChI is InChI=1S/C22H29FN4O4/c1-21(2,3)31-20(30)27-12-22(13-27)6-8-26(9-7-22)18-16(23)10-14(11-24-18)15-4-5-17(28)25-19(15)29/h10-11,15H,4-9,12-13H2,1-3H3,(H,25,28,29). The maximum atomic E-state index is 14.8. The van der Waals surface area contributed by atoms with Gasteiger partial charge in [0.25, 0.3) is 0 Å². The fourth-order valence-electron chi connectivity index (χ4n) is 4.61. The maximum Gasteiger partial charge on any atom is 0.410 e. The number of nitrogens with one attached hydrogen (secondary N) is 1. The topological polar surface area (TPSA) is 91.8 Å². The zero-order chi connectivity index (χ0) is 22.4. The molecule has 0 saturated carbocycles. The number of hydrogen-bond donors (Lipinski definition) is 1. The molecule has 3 amide bonds. The molecule has 1 atom stereocenters. The van der Waals surface area contributed by atoms with Crippen molar-refractivity contribution in [2.45, 2.75) is 58.0 Å². The predicted octanol–water partition coefficient (Wildman–Crippen LogP) is 2.58. The van der Waals surface area contributed by atoms with Crippen LogP contribution in [0, 0.1) is 11.2 Å². The molecule has 1 aromatic rings. The summed E-state index contributed by atoms with van der Waals surface area (Å²) in [5.74, 6) is -1.41. The van der Waals surface area contributed by atoms with Crippen LogP contribution in [0.25, 0.3) is 0 Å². The SMILES string of the molecule is CC(C)(C)OC(=O)N1CC2(CCN(c3ncc(C4CCC(=O)NC4=O)cc3F)CC2)C1. The largest absolute Gasteiger partial charge is 0.444 e. The molecule has 1 unspecified atom stereocenters. The Morgan fingerprint density at radius 3 is 2.52 bits per heavy atom. The first-order valence-electron chi connectivity index (χ1n) is 10.8. The molecule has 1 aromatic heterocycles. The number of carbonyl (C=O) groups is 3.